The van der Waals surface area contributed by atoms with Crippen LogP contribution in [0.4, 0.5) is 4.39 Å². The zero-order valence-corrected chi connectivity index (χ0v) is 11.7. The average molecular weight is 252 g/mol. The molecule has 1 unspecified atom stereocenters. The van der Waals surface area contributed by atoms with E-state index in [0.717, 1.165) is 24.9 Å². The fraction of sp³-hybridized carbons (Fsp3) is 0.667. The molecule has 0 aliphatic heterocycles. The fourth-order valence-corrected chi connectivity index (χ4v) is 2.59. The van der Waals surface area contributed by atoms with Crippen molar-refractivity contribution in [2.75, 3.05) is 6.54 Å². The van der Waals surface area contributed by atoms with Gasteiger partial charge in [-0.3, -0.25) is 4.98 Å². The number of nitrogens with one attached hydrogen (secondary N) is 1. The van der Waals surface area contributed by atoms with Gasteiger partial charge in [0, 0.05) is 12.2 Å². The van der Waals surface area contributed by atoms with Crippen LogP contribution in [0.1, 0.15) is 58.1 Å². The lowest BCUT2D eigenvalue weighted by atomic mass is 9.86. The maximum absolute atomic E-state index is 13.3. The quantitative estimate of drug-likeness (QED) is 0.754. The van der Waals surface area contributed by atoms with Crippen LogP contribution in [0.3, 0.4) is 0 Å². The Kier molecular flexibility index (Phi) is 6.88. The monoisotopic (exact) mass is 252 g/mol. The number of hydrogen-bond donors (Lipinski definition) is 1. The molecule has 1 atom stereocenters. The Bertz CT molecular complexity index is 335. The van der Waals surface area contributed by atoms with E-state index in [0.29, 0.717) is 5.92 Å². The number of aromatic nitrogens is 1. The zero-order valence-electron chi connectivity index (χ0n) is 11.7. The predicted octanol–water partition coefficient (Wildman–Crippen LogP) is 4.09. The van der Waals surface area contributed by atoms with Crippen molar-refractivity contribution < 1.29 is 4.39 Å². The van der Waals surface area contributed by atoms with E-state index in [1.165, 1.54) is 19.0 Å². The summed E-state index contributed by atoms with van der Waals surface area (Å²) in [6, 6.07) is 1.83. The molecule has 1 aromatic heterocycles. The van der Waals surface area contributed by atoms with Gasteiger partial charge in [0.2, 0.25) is 0 Å². The van der Waals surface area contributed by atoms with E-state index in [-0.39, 0.29) is 11.9 Å². The van der Waals surface area contributed by atoms with Gasteiger partial charge in [-0.15, -0.1) is 0 Å². The third-order valence-corrected chi connectivity index (χ3v) is 3.30. The third kappa shape index (κ3) is 4.37. The molecule has 1 heterocycles. The summed E-state index contributed by atoms with van der Waals surface area (Å²) >= 11 is 0. The molecule has 0 amide bonds. The van der Waals surface area contributed by atoms with Gasteiger partial charge in [-0.05, 0) is 36.9 Å². The molecule has 0 aromatic carbocycles. The van der Waals surface area contributed by atoms with Crippen LogP contribution in [0, 0.1) is 11.7 Å². The molecule has 0 saturated carbocycles. The second kappa shape index (κ2) is 8.20. The minimum Gasteiger partial charge on any atom is -0.310 e. The van der Waals surface area contributed by atoms with Gasteiger partial charge in [0.25, 0.3) is 0 Å². The summed E-state index contributed by atoms with van der Waals surface area (Å²) in [6.07, 6.45) is 7.71. The Labute approximate surface area is 110 Å². The summed E-state index contributed by atoms with van der Waals surface area (Å²) in [7, 11) is 0. The van der Waals surface area contributed by atoms with Crippen LogP contribution in [0.15, 0.2) is 18.5 Å². The number of halogens is 1. The molecule has 3 heteroatoms. The molecular formula is C15H25FN2. The van der Waals surface area contributed by atoms with Crippen LogP contribution in [0.2, 0.25) is 0 Å². The summed E-state index contributed by atoms with van der Waals surface area (Å²) in [5, 5.41) is 3.49. The molecular weight excluding hydrogens is 227 g/mol. The Balaban J connectivity index is 2.91. The SMILES string of the molecule is CCCC(CCC)C(NCC)c1cncc(F)c1. The lowest BCUT2D eigenvalue weighted by molar-refractivity contribution is 0.319. The largest absolute Gasteiger partial charge is 0.310 e. The minimum atomic E-state index is -0.248. The van der Waals surface area contributed by atoms with Crippen molar-refractivity contribution in [1.29, 1.82) is 0 Å². The van der Waals surface area contributed by atoms with Crippen LogP contribution in [-0.4, -0.2) is 11.5 Å². The molecule has 0 aliphatic carbocycles. The second-order valence-electron chi connectivity index (χ2n) is 4.81. The van der Waals surface area contributed by atoms with Crippen molar-refractivity contribution in [3.8, 4) is 0 Å². The van der Waals surface area contributed by atoms with Crippen LogP contribution in [0.5, 0.6) is 0 Å². The molecule has 0 radical (unpaired) electrons. The highest BCUT2D eigenvalue weighted by Gasteiger charge is 2.21. The van der Waals surface area contributed by atoms with Crippen molar-refractivity contribution in [3.63, 3.8) is 0 Å². The Morgan fingerprint density at radius 2 is 1.83 bits per heavy atom. The third-order valence-electron chi connectivity index (χ3n) is 3.30. The molecule has 0 bridgehead atoms. The summed E-state index contributed by atoms with van der Waals surface area (Å²) in [5.74, 6) is 0.311. The highest BCUT2D eigenvalue weighted by Crippen LogP contribution is 2.29. The van der Waals surface area contributed by atoms with Gasteiger partial charge in [-0.1, -0.05) is 33.6 Å². The van der Waals surface area contributed by atoms with Crippen molar-refractivity contribution in [1.82, 2.24) is 10.3 Å². The second-order valence-corrected chi connectivity index (χ2v) is 4.81. The van der Waals surface area contributed by atoms with Gasteiger partial charge in [0.05, 0.1) is 6.20 Å². The first-order chi connectivity index (χ1) is 8.72. The minimum absolute atomic E-state index is 0.220. The average Bonchev–Trinajstić information content (AvgIpc) is 2.36. The molecule has 2 nitrogen and oxygen atoms in total. The molecule has 18 heavy (non-hydrogen) atoms. The van der Waals surface area contributed by atoms with Gasteiger partial charge >= 0.3 is 0 Å². The van der Waals surface area contributed by atoms with Gasteiger partial charge < -0.3 is 5.32 Å². The topological polar surface area (TPSA) is 24.9 Å². The maximum Gasteiger partial charge on any atom is 0.141 e. The zero-order chi connectivity index (χ0) is 13.4. The van der Waals surface area contributed by atoms with Crippen molar-refractivity contribution >= 4 is 0 Å². The maximum atomic E-state index is 13.3. The first-order valence-electron chi connectivity index (χ1n) is 7.06. The van der Waals surface area contributed by atoms with E-state index in [9.17, 15) is 4.39 Å². The van der Waals surface area contributed by atoms with Crippen molar-refractivity contribution in [3.05, 3.63) is 29.8 Å². The lowest BCUT2D eigenvalue weighted by Crippen LogP contribution is -2.28. The van der Waals surface area contributed by atoms with E-state index in [4.69, 9.17) is 0 Å². The molecule has 1 N–H and O–H groups in total. The summed E-state index contributed by atoms with van der Waals surface area (Å²) < 4.78 is 13.3. The van der Waals surface area contributed by atoms with Crippen LogP contribution >= 0.6 is 0 Å². The predicted molar refractivity (Wildman–Crippen MR) is 73.9 cm³/mol. The van der Waals surface area contributed by atoms with Crippen LogP contribution < -0.4 is 5.32 Å². The Hall–Kier alpha value is -0.960. The van der Waals surface area contributed by atoms with E-state index < -0.39 is 0 Å². The van der Waals surface area contributed by atoms with E-state index in [2.05, 4.69) is 31.1 Å². The van der Waals surface area contributed by atoms with Gasteiger partial charge in [0.15, 0.2) is 0 Å². The fourth-order valence-electron chi connectivity index (χ4n) is 2.59. The molecule has 0 aliphatic rings. The molecule has 0 spiro atoms. The van der Waals surface area contributed by atoms with E-state index >= 15 is 0 Å². The summed E-state index contributed by atoms with van der Waals surface area (Å²) in [4.78, 5) is 3.98. The van der Waals surface area contributed by atoms with Crippen molar-refractivity contribution in [2.24, 2.45) is 5.92 Å². The number of pyridine rings is 1. The summed E-state index contributed by atoms with van der Waals surface area (Å²) in [6.45, 7) is 7.39. The van der Waals surface area contributed by atoms with Gasteiger partial charge in [-0.2, -0.15) is 0 Å². The number of nitrogens with zero attached hydrogens (tertiary/aromatic N) is 1. The molecule has 0 fully saturated rings. The first-order valence-corrected chi connectivity index (χ1v) is 7.06. The molecule has 102 valence electrons. The van der Waals surface area contributed by atoms with Gasteiger partial charge in [-0.25, -0.2) is 4.39 Å². The van der Waals surface area contributed by atoms with Crippen molar-refractivity contribution in [2.45, 2.75) is 52.5 Å². The standard InChI is InChI=1S/C15H25FN2/c1-4-7-12(8-5-2)15(18-6-3)13-9-14(16)11-17-10-13/h9-12,15,18H,4-8H2,1-3H3. The highest BCUT2D eigenvalue weighted by molar-refractivity contribution is 5.16. The van der Waals surface area contributed by atoms with Crippen LogP contribution in [0.25, 0.3) is 0 Å². The normalized spacial score (nSPS) is 12.9. The van der Waals surface area contributed by atoms with Gasteiger partial charge in [0.1, 0.15) is 5.82 Å². The first kappa shape index (κ1) is 15.1. The Morgan fingerprint density at radius 3 is 2.33 bits per heavy atom. The van der Waals surface area contributed by atoms with E-state index in [1.54, 1.807) is 12.3 Å². The number of rotatable bonds is 8. The highest BCUT2D eigenvalue weighted by atomic mass is 19.1. The lowest BCUT2D eigenvalue weighted by Gasteiger charge is -2.27. The summed E-state index contributed by atoms with van der Waals surface area (Å²) in [5.41, 5.74) is 0.976. The smallest absolute Gasteiger partial charge is 0.141 e. The molecule has 1 aromatic rings. The molecule has 0 saturated heterocycles. The Morgan fingerprint density at radius 1 is 1.17 bits per heavy atom. The number of hydrogen-bond acceptors (Lipinski definition) is 2. The van der Waals surface area contributed by atoms with E-state index in [1.807, 2.05) is 0 Å². The molecule has 1 rings (SSSR count). The van der Waals surface area contributed by atoms with Crippen LogP contribution in [-0.2, 0) is 0 Å².